The molecular formula is C12H22N2O3S. The highest BCUT2D eigenvalue weighted by Gasteiger charge is 2.38. The van der Waals surface area contributed by atoms with Crippen LogP contribution >= 0.6 is 0 Å². The Bertz CT molecular complexity index is 394. The largest absolute Gasteiger partial charge is 0.303 e. The second kappa shape index (κ2) is 5.57. The van der Waals surface area contributed by atoms with Gasteiger partial charge in [-0.15, -0.1) is 0 Å². The van der Waals surface area contributed by atoms with E-state index in [9.17, 15) is 13.2 Å². The molecule has 2 fully saturated rings. The lowest BCUT2D eigenvalue weighted by Crippen LogP contribution is -2.45. The molecule has 3 unspecified atom stereocenters. The van der Waals surface area contributed by atoms with E-state index in [1.165, 1.54) is 12.8 Å². The van der Waals surface area contributed by atoms with Crippen molar-refractivity contribution in [1.29, 1.82) is 0 Å². The first-order chi connectivity index (χ1) is 8.52. The summed E-state index contributed by atoms with van der Waals surface area (Å²) in [6.07, 6.45) is 5.99. The van der Waals surface area contributed by atoms with E-state index in [-0.39, 0.29) is 17.7 Å². The lowest BCUT2D eigenvalue weighted by atomic mass is 9.85. The van der Waals surface area contributed by atoms with Crippen molar-refractivity contribution in [1.82, 2.24) is 10.0 Å². The summed E-state index contributed by atoms with van der Waals surface area (Å²) in [6, 6.07) is 0.0770. The van der Waals surface area contributed by atoms with Gasteiger partial charge in [0.05, 0.1) is 11.8 Å². The first kappa shape index (κ1) is 13.8. The molecule has 0 radical (unpaired) electrons. The van der Waals surface area contributed by atoms with Crippen LogP contribution in [0.25, 0.3) is 0 Å². The fraction of sp³-hybridized carbons (Fsp3) is 0.917. The van der Waals surface area contributed by atoms with Gasteiger partial charge in [0.1, 0.15) is 0 Å². The first-order valence-electron chi connectivity index (χ1n) is 6.82. The molecule has 0 aromatic heterocycles. The standard InChI is InChI=1S/C12H22N2O3S/c1-2-7-18(16,17)14-12(15)11-8-9-5-3-4-6-10(9)13-11/h9-11,13H,2-8H2,1H3,(H,14,15). The van der Waals surface area contributed by atoms with Crippen LogP contribution in [0.5, 0.6) is 0 Å². The number of fused-ring (bicyclic) bond motifs is 1. The Hall–Kier alpha value is -0.620. The number of nitrogens with one attached hydrogen (secondary N) is 2. The monoisotopic (exact) mass is 274 g/mol. The highest BCUT2D eigenvalue weighted by atomic mass is 32.2. The third-order valence-electron chi connectivity index (χ3n) is 3.91. The lowest BCUT2D eigenvalue weighted by Gasteiger charge is -2.24. The Morgan fingerprint density at radius 1 is 1.33 bits per heavy atom. The number of rotatable bonds is 4. The summed E-state index contributed by atoms with van der Waals surface area (Å²) in [5.74, 6) is 0.180. The molecule has 2 aliphatic rings. The van der Waals surface area contributed by atoms with Crippen LogP contribution in [0.15, 0.2) is 0 Å². The average Bonchev–Trinajstić information content (AvgIpc) is 2.71. The van der Waals surface area contributed by atoms with Gasteiger partial charge in [0.2, 0.25) is 10.0 Å². The van der Waals surface area contributed by atoms with Gasteiger partial charge in [0.25, 0.3) is 5.91 Å². The van der Waals surface area contributed by atoms with E-state index < -0.39 is 10.0 Å². The van der Waals surface area contributed by atoms with Gasteiger partial charge in [-0.05, 0) is 31.6 Å². The van der Waals surface area contributed by atoms with Gasteiger partial charge in [0, 0.05) is 6.04 Å². The van der Waals surface area contributed by atoms with Crippen LogP contribution in [0.1, 0.15) is 45.4 Å². The second-order valence-corrected chi connectivity index (χ2v) is 7.23. The molecule has 0 aromatic carbocycles. The van der Waals surface area contributed by atoms with Crippen molar-refractivity contribution in [2.45, 2.75) is 57.5 Å². The minimum atomic E-state index is -3.44. The van der Waals surface area contributed by atoms with E-state index in [2.05, 4.69) is 10.0 Å². The molecule has 1 heterocycles. The molecule has 18 heavy (non-hydrogen) atoms. The summed E-state index contributed by atoms with van der Waals surface area (Å²) < 4.78 is 25.3. The number of hydrogen-bond donors (Lipinski definition) is 2. The maximum absolute atomic E-state index is 11.9. The van der Waals surface area contributed by atoms with Gasteiger partial charge in [-0.2, -0.15) is 0 Å². The van der Waals surface area contributed by atoms with E-state index in [1.54, 1.807) is 6.92 Å². The molecule has 6 heteroatoms. The van der Waals surface area contributed by atoms with Crippen molar-refractivity contribution in [3.05, 3.63) is 0 Å². The summed E-state index contributed by atoms with van der Waals surface area (Å²) in [5, 5.41) is 3.28. The van der Waals surface area contributed by atoms with E-state index in [4.69, 9.17) is 0 Å². The van der Waals surface area contributed by atoms with E-state index in [0.717, 1.165) is 19.3 Å². The van der Waals surface area contributed by atoms with Crippen molar-refractivity contribution in [3.8, 4) is 0 Å². The molecular weight excluding hydrogens is 252 g/mol. The van der Waals surface area contributed by atoms with Crippen LogP contribution < -0.4 is 10.0 Å². The average molecular weight is 274 g/mol. The minimum absolute atomic E-state index is 0.0122. The molecule has 1 saturated heterocycles. The lowest BCUT2D eigenvalue weighted by molar-refractivity contribution is -0.121. The number of hydrogen-bond acceptors (Lipinski definition) is 4. The maximum atomic E-state index is 11.9. The molecule has 0 spiro atoms. The number of sulfonamides is 1. The van der Waals surface area contributed by atoms with Crippen molar-refractivity contribution < 1.29 is 13.2 Å². The molecule has 0 bridgehead atoms. The zero-order valence-corrected chi connectivity index (χ0v) is 11.6. The highest BCUT2D eigenvalue weighted by Crippen LogP contribution is 2.33. The van der Waals surface area contributed by atoms with Gasteiger partial charge in [-0.3, -0.25) is 9.52 Å². The number of carbonyl (C=O) groups is 1. The topological polar surface area (TPSA) is 75.3 Å². The Morgan fingerprint density at radius 3 is 2.72 bits per heavy atom. The third-order valence-corrected chi connectivity index (χ3v) is 5.37. The maximum Gasteiger partial charge on any atom is 0.250 e. The second-order valence-electron chi connectivity index (χ2n) is 5.39. The SMILES string of the molecule is CCCS(=O)(=O)NC(=O)C1CC2CCCCC2N1. The van der Waals surface area contributed by atoms with E-state index in [1.807, 2.05) is 0 Å². The third kappa shape index (κ3) is 3.23. The zero-order valence-electron chi connectivity index (χ0n) is 10.8. The Morgan fingerprint density at radius 2 is 2.06 bits per heavy atom. The zero-order chi connectivity index (χ0) is 13.2. The molecule has 1 aliphatic heterocycles. The Labute approximate surface area is 109 Å². The van der Waals surface area contributed by atoms with Crippen molar-refractivity contribution >= 4 is 15.9 Å². The summed E-state index contributed by atoms with van der Waals surface area (Å²) in [7, 11) is -3.44. The van der Waals surface area contributed by atoms with Gasteiger partial charge in [-0.25, -0.2) is 8.42 Å². The number of amides is 1. The van der Waals surface area contributed by atoms with E-state index in [0.29, 0.717) is 18.4 Å². The Kier molecular flexibility index (Phi) is 4.27. The fourth-order valence-electron chi connectivity index (χ4n) is 3.07. The molecule has 1 aliphatic carbocycles. The van der Waals surface area contributed by atoms with Crippen LogP contribution in [-0.2, 0) is 14.8 Å². The van der Waals surface area contributed by atoms with Gasteiger partial charge < -0.3 is 5.32 Å². The first-order valence-corrected chi connectivity index (χ1v) is 8.47. The van der Waals surface area contributed by atoms with Crippen LogP contribution in [0.2, 0.25) is 0 Å². The highest BCUT2D eigenvalue weighted by molar-refractivity contribution is 7.90. The van der Waals surface area contributed by atoms with Crippen LogP contribution in [0.3, 0.4) is 0 Å². The number of carbonyl (C=O) groups excluding carboxylic acids is 1. The quantitative estimate of drug-likeness (QED) is 0.794. The molecule has 0 aromatic rings. The van der Waals surface area contributed by atoms with Gasteiger partial charge >= 0.3 is 0 Å². The van der Waals surface area contributed by atoms with E-state index >= 15 is 0 Å². The molecule has 2 N–H and O–H groups in total. The summed E-state index contributed by atoms with van der Waals surface area (Å²) in [6.45, 7) is 1.78. The minimum Gasteiger partial charge on any atom is -0.303 e. The smallest absolute Gasteiger partial charge is 0.250 e. The van der Waals surface area contributed by atoms with Crippen molar-refractivity contribution in [3.63, 3.8) is 0 Å². The molecule has 1 saturated carbocycles. The van der Waals surface area contributed by atoms with Crippen molar-refractivity contribution in [2.75, 3.05) is 5.75 Å². The molecule has 1 amide bonds. The van der Waals surface area contributed by atoms with Crippen molar-refractivity contribution in [2.24, 2.45) is 5.92 Å². The predicted molar refractivity (Wildman–Crippen MR) is 69.5 cm³/mol. The van der Waals surface area contributed by atoms with Crippen LogP contribution in [-0.4, -0.2) is 32.2 Å². The predicted octanol–water partition coefficient (Wildman–Crippen LogP) is 0.763. The molecule has 5 nitrogen and oxygen atoms in total. The Balaban J connectivity index is 1.91. The fourth-order valence-corrected chi connectivity index (χ4v) is 4.15. The summed E-state index contributed by atoms with van der Waals surface area (Å²) >= 11 is 0. The van der Waals surface area contributed by atoms with Crippen LogP contribution in [0.4, 0.5) is 0 Å². The molecule has 2 rings (SSSR count). The van der Waals surface area contributed by atoms with Crippen LogP contribution in [0, 0.1) is 5.92 Å². The van der Waals surface area contributed by atoms with Gasteiger partial charge in [0.15, 0.2) is 0 Å². The normalized spacial score (nSPS) is 31.9. The van der Waals surface area contributed by atoms with Gasteiger partial charge in [-0.1, -0.05) is 19.8 Å². The summed E-state index contributed by atoms with van der Waals surface area (Å²) in [4.78, 5) is 11.9. The summed E-state index contributed by atoms with van der Waals surface area (Å²) in [5.41, 5.74) is 0. The molecule has 104 valence electrons. The molecule has 3 atom stereocenters.